The van der Waals surface area contributed by atoms with E-state index in [-0.39, 0.29) is 5.02 Å². The number of rotatable bonds is 4. The van der Waals surface area contributed by atoms with Gasteiger partial charge in [0.15, 0.2) is 0 Å². The Bertz CT molecular complexity index is 626. The van der Waals surface area contributed by atoms with E-state index in [4.69, 9.17) is 16.7 Å². The highest BCUT2D eigenvalue weighted by molar-refractivity contribution is 7.89. The van der Waals surface area contributed by atoms with Crippen molar-refractivity contribution in [2.45, 2.75) is 29.5 Å². The first-order valence-corrected chi connectivity index (χ1v) is 7.47. The second-order valence-electron chi connectivity index (χ2n) is 4.68. The summed E-state index contributed by atoms with van der Waals surface area (Å²) in [4.78, 5) is -0.894. The molecule has 1 aliphatic rings. The van der Waals surface area contributed by atoms with Crippen molar-refractivity contribution < 1.29 is 26.7 Å². The zero-order valence-electron chi connectivity index (χ0n) is 10.0. The second kappa shape index (κ2) is 4.87. The van der Waals surface area contributed by atoms with Crippen LogP contribution in [0, 0.1) is 0 Å². The van der Waals surface area contributed by atoms with Crippen LogP contribution in [-0.2, 0) is 16.2 Å². The van der Waals surface area contributed by atoms with Gasteiger partial charge in [-0.2, -0.15) is 13.2 Å². The molecule has 1 fully saturated rings. The lowest BCUT2D eigenvalue weighted by Crippen LogP contribution is -2.40. The van der Waals surface area contributed by atoms with Gasteiger partial charge in [-0.25, -0.2) is 13.1 Å². The van der Waals surface area contributed by atoms with Gasteiger partial charge in [0.05, 0.1) is 22.6 Å². The third-order valence-electron chi connectivity index (χ3n) is 3.04. The summed E-state index contributed by atoms with van der Waals surface area (Å²) in [5.41, 5.74) is -2.37. The molecular weight excluding hydrogens is 319 g/mol. The van der Waals surface area contributed by atoms with Gasteiger partial charge < -0.3 is 5.11 Å². The molecular formula is C11H11ClF3NO3S. The highest BCUT2D eigenvalue weighted by Crippen LogP contribution is 2.39. The fraction of sp³-hybridized carbons (Fsp3) is 0.455. The van der Waals surface area contributed by atoms with Crippen LogP contribution in [0.15, 0.2) is 23.1 Å². The van der Waals surface area contributed by atoms with Crippen LogP contribution < -0.4 is 4.72 Å². The van der Waals surface area contributed by atoms with Crippen molar-refractivity contribution >= 4 is 21.6 Å². The lowest BCUT2D eigenvalue weighted by Gasteiger charge is -2.18. The van der Waals surface area contributed by atoms with Crippen molar-refractivity contribution in [3.05, 3.63) is 28.8 Å². The summed E-state index contributed by atoms with van der Waals surface area (Å²) in [5, 5.41) is 8.86. The first-order chi connectivity index (χ1) is 9.10. The molecule has 0 unspecified atom stereocenters. The molecule has 9 heteroatoms. The van der Waals surface area contributed by atoms with Crippen molar-refractivity contribution in [2.75, 3.05) is 6.61 Å². The Kier molecular flexibility index (Phi) is 3.79. The predicted octanol–water partition coefficient (Wildman–Crippen LogP) is 2.16. The second-order valence-corrected chi connectivity index (χ2v) is 6.77. The molecule has 0 aromatic heterocycles. The number of nitrogens with one attached hydrogen (secondary N) is 1. The molecule has 0 atom stereocenters. The number of hydrogen-bond acceptors (Lipinski definition) is 3. The zero-order chi connectivity index (χ0) is 15.2. The van der Waals surface area contributed by atoms with Crippen molar-refractivity contribution in [2.24, 2.45) is 0 Å². The highest BCUT2D eigenvalue weighted by atomic mass is 35.5. The van der Waals surface area contributed by atoms with Crippen LogP contribution in [0.2, 0.25) is 5.02 Å². The maximum absolute atomic E-state index is 12.9. The minimum absolute atomic E-state index is 0.209. The third kappa shape index (κ3) is 3.08. The van der Waals surface area contributed by atoms with Gasteiger partial charge in [0.2, 0.25) is 10.0 Å². The van der Waals surface area contributed by atoms with E-state index in [1.165, 1.54) is 0 Å². The van der Waals surface area contributed by atoms with Gasteiger partial charge in [-0.15, -0.1) is 0 Å². The van der Waals surface area contributed by atoms with Crippen LogP contribution >= 0.6 is 11.6 Å². The highest BCUT2D eigenvalue weighted by Gasteiger charge is 2.47. The SMILES string of the molecule is O=S(=O)(NC1(CO)CC1)c1ccc(Cl)cc1C(F)(F)F. The third-order valence-corrected chi connectivity index (χ3v) is 4.92. The molecule has 0 saturated heterocycles. The smallest absolute Gasteiger partial charge is 0.394 e. The molecule has 4 nitrogen and oxygen atoms in total. The first kappa shape index (κ1) is 15.6. The first-order valence-electron chi connectivity index (χ1n) is 5.61. The Balaban J connectivity index is 2.47. The van der Waals surface area contributed by atoms with Gasteiger partial charge >= 0.3 is 6.18 Å². The summed E-state index contributed by atoms with van der Waals surface area (Å²) in [7, 11) is -4.39. The average Bonchev–Trinajstić information content (AvgIpc) is 3.07. The monoisotopic (exact) mass is 329 g/mol. The fourth-order valence-electron chi connectivity index (χ4n) is 1.74. The largest absolute Gasteiger partial charge is 0.417 e. The molecule has 0 heterocycles. The van der Waals surface area contributed by atoms with Crippen molar-refractivity contribution in [3.63, 3.8) is 0 Å². The summed E-state index contributed by atoms with van der Waals surface area (Å²) in [5.74, 6) is 0. The molecule has 20 heavy (non-hydrogen) atoms. The molecule has 1 saturated carbocycles. The Morgan fingerprint density at radius 2 is 1.95 bits per heavy atom. The molecule has 0 radical (unpaired) electrons. The van der Waals surface area contributed by atoms with Crippen LogP contribution in [0.5, 0.6) is 0 Å². The quantitative estimate of drug-likeness (QED) is 0.889. The van der Waals surface area contributed by atoms with E-state index in [9.17, 15) is 21.6 Å². The number of sulfonamides is 1. The number of benzene rings is 1. The number of aliphatic hydroxyl groups excluding tert-OH is 1. The molecule has 0 bridgehead atoms. The normalized spacial score (nSPS) is 18.1. The lowest BCUT2D eigenvalue weighted by atomic mass is 10.2. The van der Waals surface area contributed by atoms with Crippen LogP contribution in [-0.4, -0.2) is 25.7 Å². The molecule has 1 aliphatic carbocycles. The summed E-state index contributed by atoms with van der Waals surface area (Å²) < 4.78 is 64.9. The van der Waals surface area contributed by atoms with Gasteiger partial charge in [0, 0.05) is 5.02 Å². The topological polar surface area (TPSA) is 66.4 Å². The van der Waals surface area contributed by atoms with E-state index in [0.29, 0.717) is 18.9 Å². The van der Waals surface area contributed by atoms with Crippen LogP contribution in [0.25, 0.3) is 0 Å². The molecule has 112 valence electrons. The molecule has 2 N–H and O–H groups in total. The van der Waals surface area contributed by atoms with E-state index in [1.807, 2.05) is 0 Å². The van der Waals surface area contributed by atoms with E-state index in [1.54, 1.807) is 0 Å². The Hall–Kier alpha value is -0.830. The summed E-state index contributed by atoms with van der Waals surface area (Å²) in [6.45, 7) is -0.457. The van der Waals surface area contributed by atoms with Crippen molar-refractivity contribution in [1.29, 1.82) is 0 Å². The Morgan fingerprint density at radius 3 is 2.40 bits per heavy atom. The molecule has 2 rings (SSSR count). The van der Waals surface area contributed by atoms with Crippen LogP contribution in [0.3, 0.4) is 0 Å². The van der Waals surface area contributed by atoms with Gasteiger partial charge in [0.1, 0.15) is 0 Å². The summed E-state index contributed by atoms with van der Waals surface area (Å²) >= 11 is 5.49. The Labute approximate surface area is 118 Å². The van der Waals surface area contributed by atoms with Crippen LogP contribution in [0.4, 0.5) is 13.2 Å². The van der Waals surface area contributed by atoms with Crippen LogP contribution in [0.1, 0.15) is 18.4 Å². The van der Waals surface area contributed by atoms with E-state index < -0.39 is 38.8 Å². The average molecular weight is 330 g/mol. The number of hydrogen-bond donors (Lipinski definition) is 2. The Morgan fingerprint density at radius 1 is 1.35 bits per heavy atom. The fourth-order valence-corrected chi connectivity index (χ4v) is 3.57. The van der Waals surface area contributed by atoms with Gasteiger partial charge in [-0.1, -0.05) is 11.6 Å². The lowest BCUT2D eigenvalue weighted by molar-refractivity contribution is -0.139. The number of alkyl halides is 3. The molecule has 0 spiro atoms. The van der Waals surface area contributed by atoms with Gasteiger partial charge in [0.25, 0.3) is 0 Å². The maximum atomic E-state index is 12.9. The number of aliphatic hydroxyl groups is 1. The minimum Gasteiger partial charge on any atom is -0.394 e. The molecule has 1 aromatic rings. The standard InChI is InChI=1S/C11H11ClF3NO3S/c12-7-1-2-9(8(5-7)11(13,14)15)20(18,19)16-10(6-17)3-4-10/h1-2,5,16-17H,3-4,6H2. The van der Waals surface area contributed by atoms with Crippen molar-refractivity contribution in [3.8, 4) is 0 Å². The van der Waals surface area contributed by atoms with Gasteiger partial charge in [-0.05, 0) is 31.0 Å². The molecule has 0 amide bonds. The predicted molar refractivity (Wildman–Crippen MR) is 65.8 cm³/mol. The minimum atomic E-state index is -4.84. The summed E-state index contributed by atoms with van der Waals surface area (Å²) in [6, 6.07) is 2.44. The van der Waals surface area contributed by atoms with Crippen molar-refractivity contribution in [1.82, 2.24) is 4.72 Å². The number of halogens is 4. The zero-order valence-corrected chi connectivity index (χ0v) is 11.6. The molecule has 1 aromatic carbocycles. The van der Waals surface area contributed by atoms with E-state index in [2.05, 4.69) is 4.72 Å². The maximum Gasteiger partial charge on any atom is 0.417 e. The molecule has 0 aliphatic heterocycles. The van der Waals surface area contributed by atoms with E-state index >= 15 is 0 Å². The van der Waals surface area contributed by atoms with Gasteiger partial charge in [-0.3, -0.25) is 0 Å². The summed E-state index contributed by atoms with van der Waals surface area (Å²) in [6.07, 6.45) is -4.07. The van der Waals surface area contributed by atoms with E-state index in [0.717, 1.165) is 12.1 Å².